The molecule has 1 rings (SSSR count). The second-order valence-electron chi connectivity index (χ2n) is 1.90. The monoisotopic (exact) mass is 265 g/mol. The molecule has 0 atom stereocenters. The summed E-state index contributed by atoms with van der Waals surface area (Å²) in [6.07, 6.45) is 0. The average molecular weight is 267 g/mol. The molecule has 1 N–H and O–H groups in total. The van der Waals surface area contributed by atoms with Crippen LogP contribution in [0.4, 0.5) is 0 Å². The molecule has 0 bridgehead atoms. The van der Waals surface area contributed by atoms with Gasteiger partial charge in [-0.1, -0.05) is 0 Å². The van der Waals surface area contributed by atoms with Crippen LogP contribution < -0.4 is 0 Å². The molecule has 0 aromatic carbocycles. The lowest BCUT2D eigenvalue weighted by molar-refractivity contribution is 0.464. The topological polar surface area (TPSA) is 33.1 Å². The summed E-state index contributed by atoms with van der Waals surface area (Å²) in [7, 11) is 0. The van der Waals surface area contributed by atoms with Gasteiger partial charge in [0.1, 0.15) is 9.21 Å². The van der Waals surface area contributed by atoms with Gasteiger partial charge in [-0.3, -0.25) is 0 Å². The van der Waals surface area contributed by atoms with Crippen LogP contribution in [0.2, 0.25) is 0 Å². The van der Waals surface area contributed by atoms with E-state index < -0.39 is 0 Å². The van der Waals surface area contributed by atoms with Crippen molar-refractivity contribution >= 4 is 31.9 Å². The molecule has 4 heteroatoms. The number of aromatic hydroxyl groups is 1. The smallest absolute Gasteiger partial charge is 0.151 e. The Balaban J connectivity index is 3.31. The average Bonchev–Trinajstić information content (AvgIpc) is 1.82. The zero-order chi connectivity index (χ0) is 7.72. The second kappa shape index (κ2) is 2.88. The summed E-state index contributed by atoms with van der Waals surface area (Å²) < 4.78 is 1.19. The van der Waals surface area contributed by atoms with Crippen molar-refractivity contribution < 1.29 is 5.11 Å². The third-order valence-corrected chi connectivity index (χ3v) is 2.07. The first-order valence-corrected chi connectivity index (χ1v) is 4.21. The van der Waals surface area contributed by atoms with E-state index in [-0.39, 0.29) is 5.75 Å². The Morgan fingerprint density at radius 2 is 2.10 bits per heavy atom. The third kappa shape index (κ3) is 1.49. The van der Waals surface area contributed by atoms with Gasteiger partial charge < -0.3 is 5.11 Å². The van der Waals surface area contributed by atoms with Crippen LogP contribution in [0.1, 0.15) is 5.56 Å². The Labute approximate surface area is 75.5 Å². The SMILES string of the molecule is Cc1cc(Br)nc(Br)c1O. The molecule has 0 aliphatic carbocycles. The van der Waals surface area contributed by atoms with Crippen molar-refractivity contribution in [3.63, 3.8) is 0 Å². The van der Waals surface area contributed by atoms with E-state index in [1.807, 2.05) is 6.92 Å². The van der Waals surface area contributed by atoms with E-state index in [1.54, 1.807) is 6.07 Å². The van der Waals surface area contributed by atoms with Crippen molar-refractivity contribution in [2.45, 2.75) is 6.92 Å². The van der Waals surface area contributed by atoms with Crippen molar-refractivity contribution in [2.24, 2.45) is 0 Å². The fourth-order valence-corrected chi connectivity index (χ4v) is 1.85. The van der Waals surface area contributed by atoms with Crippen molar-refractivity contribution in [1.29, 1.82) is 0 Å². The van der Waals surface area contributed by atoms with Gasteiger partial charge in [0.25, 0.3) is 0 Å². The molecule has 0 saturated heterocycles. The summed E-state index contributed by atoms with van der Waals surface area (Å²) in [5.41, 5.74) is 0.800. The maximum atomic E-state index is 9.20. The number of hydrogen-bond acceptors (Lipinski definition) is 2. The molecule has 54 valence electrons. The second-order valence-corrected chi connectivity index (χ2v) is 3.46. The molecular weight excluding hydrogens is 262 g/mol. The summed E-state index contributed by atoms with van der Waals surface area (Å²) >= 11 is 6.30. The van der Waals surface area contributed by atoms with E-state index in [9.17, 15) is 5.11 Å². The van der Waals surface area contributed by atoms with Crippen LogP contribution in [0.5, 0.6) is 5.75 Å². The molecule has 1 heterocycles. The van der Waals surface area contributed by atoms with Crippen LogP contribution in [0.15, 0.2) is 15.3 Å². The van der Waals surface area contributed by atoms with Gasteiger partial charge in [-0.25, -0.2) is 4.98 Å². The molecule has 2 nitrogen and oxygen atoms in total. The van der Waals surface area contributed by atoms with Crippen molar-refractivity contribution in [2.75, 3.05) is 0 Å². The highest BCUT2D eigenvalue weighted by Crippen LogP contribution is 2.27. The van der Waals surface area contributed by atoms with E-state index in [1.165, 1.54) is 0 Å². The highest BCUT2D eigenvalue weighted by atomic mass is 79.9. The normalized spacial score (nSPS) is 9.90. The maximum absolute atomic E-state index is 9.20. The van der Waals surface area contributed by atoms with Gasteiger partial charge in [-0.05, 0) is 50.4 Å². The third-order valence-electron chi connectivity index (χ3n) is 1.11. The minimum absolute atomic E-state index is 0.197. The number of halogens is 2. The van der Waals surface area contributed by atoms with Gasteiger partial charge in [0.05, 0.1) is 0 Å². The standard InChI is InChI=1S/C6H5Br2NO/c1-3-2-4(7)9-6(8)5(3)10/h2,10H,1H3. The van der Waals surface area contributed by atoms with Crippen molar-refractivity contribution in [3.8, 4) is 5.75 Å². The minimum Gasteiger partial charge on any atom is -0.505 e. The van der Waals surface area contributed by atoms with Crippen LogP contribution in [0, 0.1) is 6.92 Å². The number of aryl methyl sites for hydroxylation is 1. The summed E-state index contributed by atoms with van der Waals surface area (Å²) in [6, 6.07) is 1.75. The molecule has 1 aromatic heterocycles. The highest BCUT2D eigenvalue weighted by Gasteiger charge is 2.03. The molecule has 10 heavy (non-hydrogen) atoms. The number of aromatic nitrogens is 1. The van der Waals surface area contributed by atoms with E-state index in [0.29, 0.717) is 4.60 Å². The molecule has 0 aliphatic heterocycles. The van der Waals surface area contributed by atoms with E-state index in [0.717, 1.165) is 10.2 Å². The first-order chi connectivity index (χ1) is 4.61. The lowest BCUT2D eigenvalue weighted by Gasteiger charge is -1.99. The van der Waals surface area contributed by atoms with Crippen LogP contribution in [0.3, 0.4) is 0 Å². The fraction of sp³-hybridized carbons (Fsp3) is 0.167. The lowest BCUT2D eigenvalue weighted by Crippen LogP contribution is -1.82. The Bertz CT molecular complexity index is 239. The van der Waals surface area contributed by atoms with Crippen LogP contribution in [-0.2, 0) is 0 Å². The highest BCUT2D eigenvalue weighted by molar-refractivity contribution is 9.11. The molecular formula is C6H5Br2NO. The predicted molar refractivity (Wildman–Crippen MR) is 46.0 cm³/mol. The summed E-state index contributed by atoms with van der Waals surface area (Å²) in [5.74, 6) is 0.197. The van der Waals surface area contributed by atoms with Gasteiger partial charge in [0.2, 0.25) is 0 Å². The fourth-order valence-electron chi connectivity index (χ4n) is 0.589. The van der Waals surface area contributed by atoms with Gasteiger partial charge >= 0.3 is 0 Å². The first-order valence-electron chi connectivity index (χ1n) is 2.63. The maximum Gasteiger partial charge on any atom is 0.151 e. The first kappa shape index (κ1) is 8.01. The molecule has 0 unspecified atom stereocenters. The Kier molecular flexibility index (Phi) is 2.31. The van der Waals surface area contributed by atoms with E-state index in [4.69, 9.17) is 0 Å². The molecule has 0 radical (unpaired) electrons. The van der Waals surface area contributed by atoms with Gasteiger partial charge in [0, 0.05) is 0 Å². The number of nitrogens with zero attached hydrogens (tertiary/aromatic N) is 1. The molecule has 0 amide bonds. The van der Waals surface area contributed by atoms with E-state index >= 15 is 0 Å². The molecule has 0 spiro atoms. The lowest BCUT2D eigenvalue weighted by atomic mass is 10.3. The van der Waals surface area contributed by atoms with Crippen LogP contribution >= 0.6 is 31.9 Å². The molecule has 0 saturated carbocycles. The molecule has 0 aliphatic rings. The zero-order valence-corrected chi connectivity index (χ0v) is 8.40. The van der Waals surface area contributed by atoms with Crippen molar-refractivity contribution in [3.05, 3.63) is 20.8 Å². The Morgan fingerprint density at radius 3 is 2.60 bits per heavy atom. The molecule has 1 aromatic rings. The number of rotatable bonds is 0. The number of pyridine rings is 1. The minimum atomic E-state index is 0.197. The van der Waals surface area contributed by atoms with E-state index in [2.05, 4.69) is 36.8 Å². The predicted octanol–water partition coefficient (Wildman–Crippen LogP) is 2.62. The Morgan fingerprint density at radius 1 is 1.50 bits per heavy atom. The van der Waals surface area contributed by atoms with Crippen molar-refractivity contribution in [1.82, 2.24) is 4.98 Å². The largest absolute Gasteiger partial charge is 0.505 e. The summed E-state index contributed by atoms with van der Waals surface area (Å²) in [6.45, 7) is 1.81. The van der Waals surface area contributed by atoms with Crippen LogP contribution in [0.25, 0.3) is 0 Å². The van der Waals surface area contributed by atoms with Gasteiger partial charge in [0.15, 0.2) is 5.75 Å². The number of hydrogen-bond donors (Lipinski definition) is 1. The van der Waals surface area contributed by atoms with Gasteiger partial charge in [-0.2, -0.15) is 0 Å². The van der Waals surface area contributed by atoms with Crippen LogP contribution in [-0.4, -0.2) is 10.1 Å². The van der Waals surface area contributed by atoms with Gasteiger partial charge in [-0.15, -0.1) is 0 Å². The molecule has 0 fully saturated rings. The zero-order valence-electron chi connectivity index (χ0n) is 5.23. The Hall–Kier alpha value is -0.0900. The summed E-state index contributed by atoms with van der Waals surface area (Å²) in [4.78, 5) is 3.92. The quantitative estimate of drug-likeness (QED) is 0.733. The summed E-state index contributed by atoms with van der Waals surface area (Å²) in [5, 5.41) is 9.20.